The Morgan fingerprint density at radius 3 is 2.67 bits per heavy atom. The number of likely N-dealkylation sites (tertiary alicyclic amines) is 1. The van der Waals surface area contributed by atoms with Crippen molar-refractivity contribution < 1.29 is 9.90 Å². The van der Waals surface area contributed by atoms with E-state index in [0.29, 0.717) is 6.04 Å². The normalized spacial score (nSPS) is 21.1. The predicted molar refractivity (Wildman–Crippen MR) is 85.3 cm³/mol. The minimum atomic E-state index is -0.640. The Morgan fingerprint density at radius 2 is 2.05 bits per heavy atom. The van der Waals surface area contributed by atoms with Gasteiger partial charge in [-0.25, -0.2) is 0 Å². The molecule has 1 aromatic carbocycles. The van der Waals surface area contributed by atoms with Gasteiger partial charge in [-0.2, -0.15) is 0 Å². The van der Waals surface area contributed by atoms with E-state index < -0.39 is 5.97 Å². The van der Waals surface area contributed by atoms with Crippen molar-refractivity contribution in [3.05, 3.63) is 35.4 Å². The van der Waals surface area contributed by atoms with Crippen molar-refractivity contribution in [2.75, 3.05) is 6.54 Å². The fourth-order valence-electron chi connectivity index (χ4n) is 3.23. The number of rotatable bonds is 6. The van der Waals surface area contributed by atoms with Crippen molar-refractivity contribution in [2.24, 2.45) is 5.92 Å². The van der Waals surface area contributed by atoms with Crippen LogP contribution >= 0.6 is 0 Å². The van der Waals surface area contributed by atoms with Crippen LogP contribution in [-0.4, -0.2) is 28.6 Å². The Bertz CT molecular complexity index is 455. The summed E-state index contributed by atoms with van der Waals surface area (Å²) in [7, 11) is 0. The molecular weight excluding hydrogens is 262 g/mol. The van der Waals surface area contributed by atoms with Crippen LogP contribution < -0.4 is 0 Å². The number of benzene rings is 1. The molecule has 0 aliphatic carbocycles. The lowest BCUT2D eigenvalue weighted by Gasteiger charge is -2.37. The SMILES string of the molecule is CCC(CC1CCCCN1Cc1ccc(C)cc1)C(=O)O. The van der Waals surface area contributed by atoms with Gasteiger partial charge in [-0.05, 0) is 44.7 Å². The molecule has 1 N–H and O–H groups in total. The monoisotopic (exact) mass is 289 g/mol. The highest BCUT2D eigenvalue weighted by Gasteiger charge is 2.27. The number of carboxylic acid groups (broad SMARTS) is 1. The Labute approximate surface area is 128 Å². The summed E-state index contributed by atoms with van der Waals surface area (Å²) in [6, 6.07) is 9.10. The van der Waals surface area contributed by atoms with Crippen molar-refractivity contribution in [1.82, 2.24) is 4.90 Å². The minimum Gasteiger partial charge on any atom is -0.481 e. The second-order valence-corrected chi connectivity index (χ2v) is 6.28. The first-order valence-corrected chi connectivity index (χ1v) is 8.12. The standard InChI is InChI=1S/C18H27NO2/c1-3-16(18(20)21)12-17-6-4-5-11-19(17)13-15-9-7-14(2)8-10-15/h7-10,16-17H,3-6,11-13H2,1-2H3,(H,20,21). The van der Waals surface area contributed by atoms with Gasteiger partial charge in [0.05, 0.1) is 5.92 Å². The lowest BCUT2D eigenvalue weighted by Crippen LogP contribution is -2.40. The number of hydrogen-bond acceptors (Lipinski definition) is 2. The third kappa shape index (κ3) is 4.57. The molecule has 1 fully saturated rings. The molecule has 2 rings (SSSR count). The fraction of sp³-hybridized carbons (Fsp3) is 0.611. The zero-order valence-corrected chi connectivity index (χ0v) is 13.2. The molecule has 21 heavy (non-hydrogen) atoms. The van der Waals surface area contributed by atoms with Crippen molar-refractivity contribution in [3.63, 3.8) is 0 Å². The molecular formula is C18H27NO2. The van der Waals surface area contributed by atoms with E-state index in [2.05, 4.69) is 36.1 Å². The van der Waals surface area contributed by atoms with Gasteiger partial charge in [0.1, 0.15) is 0 Å². The van der Waals surface area contributed by atoms with Gasteiger partial charge in [0, 0.05) is 12.6 Å². The summed E-state index contributed by atoms with van der Waals surface area (Å²) in [5.41, 5.74) is 2.61. The molecule has 2 atom stereocenters. The van der Waals surface area contributed by atoms with Crippen molar-refractivity contribution >= 4 is 5.97 Å². The van der Waals surface area contributed by atoms with Gasteiger partial charge in [-0.3, -0.25) is 9.69 Å². The molecule has 3 nitrogen and oxygen atoms in total. The molecule has 0 amide bonds. The van der Waals surface area contributed by atoms with Crippen LogP contribution in [0.2, 0.25) is 0 Å². The molecule has 0 radical (unpaired) electrons. The number of carboxylic acids is 1. The molecule has 3 heteroatoms. The molecule has 0 saturated carbocycles. The Balaban J connectivity index is 2.01. The van der Waals surface area contributed by atoms with Gasteiger partial charge in [0.25, 0.3) is 0 Å². The summed E-state index contributed by atoms with van der Waals surface area (Å²) < 4.78 is 0. The first-order valence-electron chi connectivity index (χ1n) is 8.12. The van der Waals surface area contributed by atoms with Crippen LogP contribution in [-0.2, 0) is 11.3 Å². The number of piperidine rings is 1. The Hall–Kier alpha value is -1.35. The molecule has 116 valence electrons. The van der Waals surface area contributed by atoms with E-state index in [-0.39, 0.29) is 5.92 Å². The average Bonchev–Trinajstić information content (AvgIpc) is 2.48. The second kappa shape index (κ2) is 7.60. The maximum absolute atomic E-state index is 11.3. The number of aliphatic carboxylic acids is 1. The maximum atomic E-state index is 11.3. The molecule has 1 aromatic rings. The van der Waals surface area contributed by atoms with Gasteiger partial charge < -0.3 is 5.11 Å². The number of hydrogen-bond donors (Lipinski definition) is 1. The fourth-order valence-corrected chi connectivity index (χ4v) is 3.23. The van der Waals surface area contributed by atoms with Crippen LogP contribution in [0.1, 0.15) is 50.2 Å². The van der Waals surface area contributed by atoms with Crippen LogP contribution in [0.4, 0.5) is 0 Å². The summed E-state index contributed by atoms with van der Waals surface area (Å²) in [5, 5.41) is 9.29. The molecule has 0 aromatic heterocycles. The zero-order chi connectivity index (χ0) is 15.2. The van der Waals surface area contributed by atoms with Gasteiger partial charge in [-0.1, -0.05) is 43.2 Å². The van der Waals surface area contributed by atoms with E-state index in [1.54, 1.807) is 0 Å². The third-order valence-electron chi connectivity index (χ3n) is 4.65. The van der Waals surface area contributed by atoms with Crippen LogP contribution in [0.15, 0.2) is 24.3 Å². The Kier molecular flexibility index (Phi) is 5.80. The lowest BCUT2D eigenvalue weighted by molar-refractivity contribution is -0.142. The number of aryl methyl sites for hydroxylation is 1. The third-order valence-corrected chi connectivity index (χ3v) is 4.65. The Morgan fingerprint density at radius 1 is 1.33 bits per heavy atom. The largest absolute Gasteiger partial charge is 0.481 e. The van der Waals surface area contributed by atoms with Gasteiger partial charge in [0.15, 0.2) is 0 Å². The summed E-state index contributed by atoms with van der Waals surface area (Å²) in [6.07, 6.45) is 5.11. The van der Waals surface area contributed by atoms with Gasteiger partial charge in [0.2, 0.25) is 0 Å². The summed E-state index contributed by atoms with van der Waals surface area (Å²) >= 11 is 0. The van der Waals surface area contributed by atoms with Crippen LogP contribution in [0, 0.1) is 12.8 Å². The number of nitrogens with zero attached hydrogens (tertiary/aromatic N) is 1. The predicted octanol–water partition coefficient (Wildman–Crippen LogP) is 3.85. The molecule has 1 aliphatic heterocycles. The highest BCUT2D eigenvalue weighted by atomic mass is 16.4. The van der Waals surface area contributed by atoms with Crippen molar-refractivity contribution in [3.8, 4) is 0 Å². The zero-order valence-electron chi connectivity index (χ0n) is 13.2. The first kappa shape index (κ1) is 16.0. The molecule has 1 saturated heterocycles. The molecule has 0 bridgehead atoms. The van der Waals surface area contributed by atoms with Crippen LogP contribution in [0.5, 0.6) is 0 Å². The van der Waals surface area contributed by atoms with Crippen LogP contribution in [0.25, 0.3) is 0 Å². The second-order valence-electron chi connectivity index (χ2n) is 6.28. The highest BCUT2D eigenvalue weighted by molar-refractivity contribution is 5.69. The lowest BCUT2D eigenvalue weighted by atomic mass is 9.90. The van der Waals surface area contributed by atoms with E-state index in [1.165, 1.54) is 24.0 Å². The molecule has 1 heterocycles. The summed E-state index contributed by atoms with van der Waals surface area (Å²) in [6.45, 7) is 6.12. The average molecular weight is 289 g/mol. The van der Waals surface area contributed by atoms with Gasteiger partial charge in [-0.15, -0.1) is 0 Å². The molecule has 0 spiro atoms. The van der Waals surface area contributed by atoms with Crippen molar-refractivity contribution in [1.29, 1.82) is 0 Å². The maximum Gasteiger partial charge on any atom is 0.306 e. The highest BCUT2D eigenvalue weighted by Crippen LogP contribution is 2.26. The van der Waals surface area contributed by atoms with Gasteiger partial charge >= 0.3 is 5.97 Å². The van der Waals surface area contributed by atoms with E-state index in [9.17, 15) is 9.90 Å². The minimum absolute atomic E-state index is 0.200. The summed E-state index contributed by atoms with van der Waals surface area (Å²) in [5.74, 6) is -0.841. The molecule has 1 aliphatic rings. The topological polar surface area (TPSA) is 40.5 Å². The summed E-state index contributed by atoms with van der Waals surface area (Å²) in [4.78, 5) is 13.8. The van der Waals surface area contributed by atoms with Crippen LogP contribution in [0.3, 0.4) is 0 Å². The van der Waals surface area contributed by atoms with E-state index >= 15 is 0 Å². The smallest absolute Gasteiger partial charge is 0.306 e. The first-order chi connectivity index (χ1) is 10.1. The quantitative estimate of drug-likeness (QED) is 0.864. The van der Waals surface area contributed by atoms with E-state index in [0.717, 1.165) is 32.4 Å². The van der Waals surface area contributed by atoms with E-state index in [1.807, 2.05) is 6.92 Å². The number of carbonyl (C=O) groups is 1. The van der Waals surface area contributed by atoms with E-state index in [4.69, 9.17) is 0 Å². The van der Waals surface area contributed by atoms with Crippen molar-refractivity contribution in [2.45, 2.75) is 58.5 Å². The molecule has 2 unspecified atom stereocenters.